The van der Waals surface area contributed by atoms with E-state index in [0.717, 1.165) is 24.3 Å². The lowest BCUT2D eigenvalue weighted by Gasteiger charge is -2.05. The van der Waals surface area contributed by atoms with Crippen molar-refractivity contribution in [1.29, 1.82) is 0 Å². The van der Waals surface area contributed by atoms with E-state index in [-0.39, 0.29) is 10.6 Å². The Bertz CT molecular complexity index is 934. The summed E-state index contributed by atoms with van der Waals surface area (Å²) < 4.78 is 52.1. The van der Waals surface area contributed by atoms with Gasteiger partial charge in [0.2, 0.25) is 9.84 Å². The summed E-state index contributed by atoms with van der Waals surface area (Å²) in [5.74, 6) is -4.27. The normalized spacial score (nSPS) is 12.7. The molecule has 1 heterocycles. The molecule has 0 saturated carbocycles. The minimum atomic E-state index is -4.62. The minimum Gasteiger partial charge on any atom is -0.384 e. The van der Waals surface area contributed by atoms with E-state index >= 15 is 0 Å². The molecular weight excluding hydrogens is 378 g/mol. The summed E-state index contributed by atoms with van der Waals surface area (Å²) >= 11 is 0.428. The Kier molecular flexibility index (Phi) is 5.32. The van der Waals surface area contributed by atoms with E-state index in [1.54, 1.807) is 0 Å². The molecule has 25 heavy (non-hydrogen) atoms. The van der Waals surface area contributed by atoms with Crippen LogP contribution in [0, 0.1) is 11.6 Å². The molecule has 0 aliphatic heterocycles. The van der Waals surface area contributed by atoms with Gasteiger partial charge in [-0.1, -0.05) is 6.07 Å². The van der Waals surface area contributed by atoms with Crippen molar-refractivity contribution in [2.75, 3.05) is 5.32 Å². The Labute approximate surface area is 145 Å². The monoisotopic (exact) mass is 391 g/mol. The fourth-order valence-corrected chi connectivity index (χ4v) is 4.73. The van der Waals surface area contributed by atoms with Gasteiger partial charge < -0.3 is 10.4 Å². The first kappa shape index (κ1) is 19.1. The van der Waals surface area contributed by atoms with Gasteiger partial charge in [0.05, 0.1) is 0 Å². The molecular formula is C14H13F2N2O5S2+. The number of carbonyl (C=O) groups is 2. The number of thiophene rings is 1. The number of anilines is 1. The van der Waals surface area contributed by atoms with Crippen LogP contribution >= 0.6 is 11.3 Å². The predicted molar refractivity (Wildman–Crippen MR) is 83.7 cm³/mol. The van der Waals surface area contributed by atoms with Gasteiger partial charge in [-0.25, -0.2) is 22.0 Å². The lowest BCUT2D eigenvalue weighted by atomic mass is 10.3. The molecule has 2 amide bonds. The van der Waals surface area contributed by atoms with Crippen LogP contribution in [0.15, 0.2) is 33.4 Å². The molecule has 0 fully saturated rings. The first-order valence-electron chi connectivity index (χ1n) is 6.74. The summed E-state index contributed by atoms with van der Waals surface area (Å²) in [6.45, 7) is 1.17. The van der Waals surface area contributed by atoms with E-state index in [0.29, 0.717) is 11.3 Å². The number of rotatable bonds is 5. The van der Waals surface area contributed by atoms with Crippen LogP contribution in [0.1, 0.15) is 17.3 Å². The van der Waals surface area contributed by atoms with Crippen molar-refractivity contribution in [3.05, 3.63) is 41.5 Å². The van der Waals surface area contributed by atoms with E-state index in [4.69, 9.17) is 0 Å². The van der Waals surface area contributed by atoms with E-state index < -0.39 is 48.5 Å². The molecule has 1 aromatic carbocycles. The minimum absolute atomic E-state index is 0.193. The highest BCUT2D eigenvalue weighted by molar-refractivity contribution is 7.93. The number of nitrogens with one attached hydrogen (secondary N) is 1. The molecule has 5 N–H and O–H groups in total. The number of amides is 2. The van der Waals surface area contributed by atoms with Crippen molar-refractivity contribution >= 4 is 38.0 Å². The molecule has 0 radical (unpaired) electrons. The molecule has 7 nitrogen and oxygen atoms in total. The number of sulfone groups is 1. The number of halogens is 2. The second-order valence-electron chi connectivity index (χ2n) is 4.95. The average Bonchev–Trinajstić information content (AvgIpc) is 2.91. The maximum atomic E-state index is 13.8. The Balaban J connectivity index is 2.60. The number of carbonyl (C=O) groups excluding carboxylic acids is 2. The summed E-state index contributed by atoms with van der Waals surface area (Å²) in [5.41, 5.74) is 2.88. The van der Waals surface area contributed by atoms with Gasteiger partial charge in [0, 0.05) is 0 Å². The number of benzene rings is 1. The van der Waals surface area contributed by atoms with Gasteiger partial charge in [0.1, 0.15) is 37.4 Å². The van der Waals surface area contributed by atoms with Gasteiger partial charge >= 0.3 is 5.91 Å². The highest BCUT2D eigenvalue weighted by Gasteiger charge is 2.31. The second-order valence-corrected chi connectivity index (χ2v) is 8.12. The molecule has 0 saturated heterocycles. The number of aliphatic hydroxyl groups excluding tert-OH is 1. The standard InChI is InChI=1S/C14H12F2N2O5S2/c1-6(19)13(21)18-14-7(12(17)20)5-10(24-14)25(22,23)11-8(15)3-2-4-9(11)16/h2-6,19H,1H3,(H2,17,20)(H,18,21)/p+1. The summed E-state index contributed by atoms with van der Waals surface area (Å²) in [6, 6.07) is 3.45. The van der Waals surface area contributed by atoms with E-state index in [1.165, 1.54) is 6.92 Å². The van der Waals surface area contributed by atoms with Crippen molar-refractivity contribution < 1.29 is 37.6 Å². The van der Waals surface area contributed by atoms with Crippen LogP contribution in [-0.2, 0) is 14.6 Å². The fraction of sp³-hybridized carbons (Fsp3) is 0.143. The highest BCUT2D eigenvalue weighted by Crippen LogP contribution is 2.36. The smallest absolute Gasteiger partial charge is 0.344 e. The number of quaternary nitrogens is 1. The van der Waals surface area contributed by atoms with Crippen molar-refractivity contribution in [2.45, 2.75) is 22.1 Å². The number of aliphatic hydroxyl groups is 1. The van der Waals surface area contributed by atoms with Crippen LogP contribution in [0.3, 0.4) is 0 Å². The van der Waals surface area contributed by atoms with Gasteiger partial charge in [-0.3, -0.25) is 10.5 Å². The van der Waals surface area contributed by atoms with Crippen LogP contribution in [0.2, 0.25) is 0 Å². The van der Waals surface area contributed by atoms with Crippen LogP contribution in [0.25, 0.3) is 0 Å². The average molecular weight is 391 g/mol. The maximum Gasteiger partial charge on any atom is 0.344 e. The van der Waals surface area contributed by atoms with Gasteiger partial charge in [-0.2, -0.15) is 0 Å². The first-order valence-corrected chi connectivity index (χ1v) is 9.03. The van der Waals surface area contributed by atoms with Crippen molar-refractivity contribution in [3.8, 4) is 0 Å². The Morgan fingerprint density at radius 1 is 1.28 bits per heavy atom. The third-order valence-electron chi connectivity index (χ3n) is 3.08. The summed E-state index contributed by atoms with van der Waals surface area (Å²) in [6.07, 6.45) is -1.42. The predicted octanol–water partition coefficient (Wildman–Crippen LogP) is 0.560. The lowest BCUT2D eigenvalue weighted by Crippen LogP contribution is -2.56. The molecule has 1 aromatic heterocycles. The molecule has 134 valence electrons. The molecule has 0 aliphatic rings. The Morgan fingerprint density at radius 2 is 1.84 bits per heavy atom. The zero-order chi connectivity index (χ0) is 18.9. The van der Waals surface area contributed by atoms with Gasteiger partial charge in [0.25, 0.3) is 5.91 Å². The number of hydrogen-bond donors (Lipinski definition) is 3. The van der Waals surface area contributed by atoms with E-state index in [1.807, 2.05) is 0 Å². The fourth-order valence-electron chi connectivity index (χ4n) is 1.86. The molecule has 11 heteroatoms. The van der Waals surface area contributed by atoms with Gasteiger partial charge in [-0.05, 0) is 25.1 Å². The SMILES string of the molecule is CC(O)C(=O)Nc1sc(S(=O)(=O)c2c(F)cccc2F)cc1C([NH3+])=O. The lowest BCUT2D eigenvalue weighted by molar-refractivity contribution is -0.254. The molecule has 0 aliphatic carbocycles. The van der Waals surface area contributed by atoms with Crippen molar-refractivity contribution in [2.24, 2.45) is 0 Å². The zero-order valence-corrected chi connectivity index (χ0v) is 14.4. The largest absolute Gasteiger partial charge is 0.384 e. The molecule has 2 aromatic rings. The van der Waals surface area contributed by atoms with Gasteiger partial charge in [0.15, 0.2) is 0 Å². The van der Waals surface area contributed by atoms with Crippen LogP contribution in [-0.4, -0.2) is 31.4 Å². The molecule has 0 spiro atoms. The molecule has 1 atom stereocenters. The van der Waals surface area contributed by atoms with Crippen LogP contribution < -0.4 is 11.1 Å². The summed E-state index contributed by atoms with van der Waals surface area (Å²) in [4.78, 5) is 22.0. The Hall–Kier alpha value is -2.21. The van der Waals surface area contributed by atoms with Gasteiger partial charge in [-0.15, -0.1) is 11.3 Å². The summed E-state index contributed by atoms with van der Waals surface area (Å²) in [7, 11) is -4.62. The van der Waals surface area contributed by atoms with Crippen LogP contribution in [0.5, 0.6) is 0 Å². The third kappa shape index (κ3) is 3.74. The molecule has 0 bridgehead atoms. The quantitative estimate of drug-likeness (QED) is 0.686. The van der Waals surface area contributed by atoms with E-state index in [2.05, 4.69) is 11.1 Å². The number of hydrogen-bond acceptors (Lipinski definition) is 6. The topological polar surface area (TPSA) is 128 Å². The van der Waals surface area contributed by atoms with Crippen molar-refractivity contribution in [1.82, 2.24) is 0 Å². The third-order valence-corrected chi connectivity index (χ3v) is 6.41. The second kappa shape index (κ2) is 6.96. The highest BCUT2D eigenvalue weighted by atomic mass is 32.2. The molecule has 2 rings (SSSR count). The van der Waals surface area contributed by atoms with E-state index in [9.17, 15) is 31.9 Å². The van der Waals surface area contributed by atoms with Crippen molar-refractivity contribution in [3.63, 3.8) is 0 Å². The van der Waals surface area contributed by atoms with Crippen LogP contribution in [0.4, 0.5) is 13.8 Å². The first-order chi connectivity index (χ1) is 11.6. The maximum absolute atomic E-state index is 13.8. The molecule has 1 unspecified atom stereocenters. The Morgan fingerprint density at radius 3 is 2.32 bits per heavy atom. The zero-order valence-electron chi connectivity index (χ0n) is 12.7. The summed E-state index contributed by atoms with van der Waals surface area (Å²) in [5, 5.41) is 11.2.